The zero-order valence-electron chi connectivity index (χ0n) is 12.1. The van der Waals surface area contributed by atoms with Crippen molar-refractivity contribution >= 4 is 29.5 Å². The van der Waals surface area contributed by atoms with Crippen molar-refractivity contribution < 1.29 is 19.5 Å². The summed E-state index contributed by atoms with van der Waals surface area (Å²) in [6, 6.07) is -0.844. The molecule has 1 aliphatic rings. The van der Waals surface area contributed by atoms with Crippen LogP contribution in [-0.2, 0) is 14.4 Å². The molecule has 3 N–H and O–H groups in total. The summed E-state index contributed by atoms with van der Waals surface area (Å²) in [5.41, 5.74) is 0. The summed E-state index contributed by atoms with van der Waals surface area (Å²) in [4.78, 5) is 33.0. The molecule has 2 unspecified atom stereocenters. The van der Waals surface area contributed by atoms with E-state index in [9.17, 15) is 14.4 Å². The van der Waals surface area contributed by atoms with Crippen molar-refractivity contribution in [3.05, 3.63) is 0 Å². The topological polar surface area (TPSA) is 95.5 Å². The Labute approximate surface area is 118 Å². The number of amides is 2. The van der Waals surface area contributed by atoms with Crippen molar-refractivity contribution in [1.82, 2.24) is 10.6 Å². The van der Waals surface area contributed by atoms with Crippen molar-refractivity contribution in [1.29, 1.82) is 0 Å². The van der Waals surface area contributed by atoms with Crippen molar-refractivity contribution in [2.24, 2.45) is 0 Å². The van der Waals surface area contributed by atoms with E-state index < -0.39 is 17.3 Å². The first-order chi connectivity index (χ1) is 9.04. The van der Waals surface area contributed by atoms with E-state index in [-0.39, 0.29) is 18.2 Å². The van der Waals surface area contributed by atoms with E-state index in [0.29, 0.717) is 5.75 Å². The number of carbonyl (C=O) groups excluding carboxylic acids is 2. The van der Waals surface area contributed by atoms with Gasteiger partial charge in [-0.15, -0.1) is 11.8 Å². The van der Waals surface area contributed by atoms with Crippen LogP contribution >= 0.6 is 11.8 Å². The number of thioether (sulfide) groups is 1. The predicted octanol–water partition coefficient (Wildman–Crippen LogP) is 0.860. The van der Waals surface area contributed by atoms with Gasteiger partial charge in [-0.25, -0.2) is 4.79 Å². The Hall–Kier alpha value is -1.24. The largest absolute Gasteiger partial charge is 0.480 e. The highest BCUT2D eigenvalue weighted by Gasteiger charge is 2.33. The maximum absolute atomic E-state index is 11.4. The molecule has 1 aliphatic heterocycles. The first-order valence-corrected chi connectivity index (χ1v) is 7.45. The van der Waals surface area contributed by atoms with Crippen LogP contribution in [0.5, 0.6) is 0 Å². The molecular formula is C12H24N2O4S. The van der Waals surface area contributed by atoms with Crippen LogP contribution in [0.4, 0.5) is 0 Å². The minimum atomic E-state index is -1.05. The highest BCUT2D eigenvalue weighted by molar-refractivity contribution is 8.00. The Morgan fingerprint density at radius 1 is 1.37 bits per heavy atom. The highest BCUT2D eigenvalue weighted by Crippen LogP contribution is 2.20. The summed E-state index contributed by atoms with van der Waals surface area (Å²) in [7, 11) is 1.49. The number of nitrogens with one attached hydrogen (secondary N) is 2. The Bertz CT molecular complexity index is 297. The number of hydrogen-bond donors (Lipinski definition) is 3. The van der Waals surface area contributed by atoms with E-state index in [1.54, 1.807) is 0 Å². The monoisotopic (exact) mass is 292 g/mol. The van der Waals surface area contributed by atoms with Crippen LogP contribution in [0.15, 0.2) is 0 Å². The van der Waals surface area contributed by atoms with Gasteiger partial charge < -0.3 is 15.7 Å². The molecule has 6 nitrogen and oxygen atoms in total. The van der Waals surface area contributed by atoms with Crippen LogP contribution < -0.4 is 10.6 Å². The average Bonchev–Trinajstić information content (AvgIpc) is 2.45. The van der Waals surface area contributed by atoms with Gasteiger partial charge in [-0.3, -0.25) is 9.59 Å². The number of carbonyl (C=O) groups is 3. The first-order valence-electron chi connectivity index (χ1n) is 6.40. The van der Waals surface area contributed by atoms with Crippen LogP contribution in [0.3, 0.4) is 0 Å². The second-order valence-corrected chi connectivity index (χ2v) is 4.33. The normalized spacial score (nSPS) is 20.8. The lowest BCUT2D eigenvalue weighted by Crippen LogP contribution is -2.51. The van der Waals surface area contributed by atoms with Gasteiger partial charge in [-0.1, -0.05) is 27.7 Å². The summed E-state index contributed by atoms with van der Waals surface area (Å²) >= 11 is 1.20. The fourth-order valence-corrected chi connectivity index (χ4v) is 2.29. The van der Waals surface area contributed by atoms with E-state index in [1.807, 2.05) is 27.7 Å². The smallest absolute Gasteiger partial charge is 0.327 e. The van der Waals surface area contributed by atoms with Crippen molar-refractivity contribution in [2.75, 3.05) is 12.8 Å². The molecule has 2 atom stereocenters. The molecule has 1 saturated heterocycles. The predicted molar refractivity (Wildman–Crippen MR) is 77.2 cm³/mol. The molecule has 0 aromatic heterocycles. The standard InChI is InChI=1S/C8H12N2O4S.2C2H6/c1-9-6(11)2-5-7(12)10-4(3-15-5)8(13)14;2*1-2/h4-5H,2-3H2,1H3,(H,9,11)(H,10,12)(H,13,14);2*1-2H3. The second-order valence-electron chi connectivity index (χ2n) is 3.10. The minimum absolute atomic E-state index is 0.0827. The number of carboxylic acids is 1. The van der Waals surface area contributed by atoms with Gasteiger partial charge in [-0.05, 0) is 0 Å². The molecule has 0 saturated carbocycles. The van der Waals surface area contributed by atoms with Gasteiger partial charge in [0, 0.05) is 19.2 Å². The quantitative estimate of drug-likeness (QED) is 0.717. The first kappa shape index (κ1) is 20.1. The molecule has 7 heteroatoms. The molecule has 112 valence electrons. The Morgan fingerprint density at radius 2 is 1.89 bits per heavy atom. The van der Waals surface area contributed by atoms with Gasteiger partial charge in [0.05, 0.1) is 5.25 Å². The Morgan fingerprint density at radius 3 is 2.26 bits per heavy atom. The van der Waals surface area contributed by atoms with Gasteiger partial charge in [0.25, 0.3) is 0 Å². The van der Waals surface area contributed by atoms with Gasteiger partial charge in [0.1, 0.15) is 6.04 Å². The van der Waals surface area contributed by atoms with Crippen LogP contribution in [0.1, 0.15) is 34.1 Å². The minimum Gasteiger partial charge on any atom is -0.480 e. The van der Waals surface area contributed by atoms with E-state index in [2.05, 4.69) is 10.6 Å². The molecule has 2 amide bonds. The third kappa shape index (κ3) is 7.71. The van der Waals surface area contributed by atoms with E-state index in [1.165, 1.54) is 18.8 Å². The third-order valence-electron chi connectivity index (χ3n) is 2.02. The van der Waals surface area contributed by atoms with Gasteiger partial charge in [-0.2, -0.15) is 0 Å². The maximum atomic E-state index is 11.4. The third-order valence-corrected chi connectivity index (χ3v) is 3.33. The molecule has 1 fully saturated rings. The summed E-state index contributed by atoms with van der Waals surface area (Å²) in [5.74, 6) is -1.36. The molecule has 1 rings (SSSR count). The summed E-state index contributed by atoms with van der Waals surface area (Å²) in [5, 5.41) is 13.0. The number of rotatable bonds is 3. The Kier molecular flexibility index (Phi) is 12.5. The number of aliphatic carboxylic acids is 1. The van der Waals surface area contributed by atoms with Crippen LogP contribution in [-0.4, -0.2) is 47.0 Å². The summed E-state index contributed by atoms with van der Waals surface area (Å²) < 4.78 is 0. The van der Waals surface area contributed by atoms with Gasteiger partial charge >= 0.3 is 5.97 Å². The van der Waals surface area contributed by atoms with Crippen LogP contribution in [0.25, 0.3) is 0 Å². The lowest BCUT2D eigenvalue weighted by molar-refractivity contribution is -0.141. The lowest BCUT2D eigenvalue weighted by Gasteiger charge is -2.25. The molecule has 0 bridgehead atoms. The second kappa shape index (κ2) is 11.8. The average molecular weight is 292 g/mol. The van der Waals surface area contributed by atoms with Crippen molar-refractivity contribution in [3.63, 3.8) is 0 Å². The fraction of sp³-hybridized carbons (Fsp3) is 0.750. The fourth-order valence-electron chi connectivity index (χ4n) is 1.15. The van der Waals surface area contributed by atoms with E-state index >= 15 is 0 Å². The van der Waals surface area contributed by atoms with Gasteiger partial charge in [0.15, 0.2) is 0 Å². The molecule has 0 spiro atoms. The SMILES string of the molecule is CC.CC.CNC(=O)CC1SCC(C(=O)O)NC1=O. The summed E-state index contributed by atoms with van der Waals surface area (Å²) in [6.07, 6.45) is 0.0827. The molecule has 0 aliphatic carbocycles. The van der Waals surface area contributed by atoms with Gasteiger partial charge in [0.2, 0.25) is 11.8 Å². The number of hydrogen-bond acceptors (Lipinski definition) is 4. The zero-order chi connectivity index (χ0) is 15.4. The maximum Gasteiger partial charge on any atom is 0.327 e. The summed E-state index contributed by atoms with van der Waals surface area (Å²) in [6.45, 7) is 8.00. The van der Waals surface area contributed by atoms with Crippen LogP contribution in [0.2, 0.25) is 0 Å². The van der Waals surface area contributed by atoms with E-state index in [0.717, 1.165) is 0 Å². The van der Waals surface area contributed by atoms with Crippen LogP contribution in [0, 0.1) is 0 Å². The molecule has 0 radical (unpaired) electrons. The highest BCUT2D eigenvalue weighted by atomic mass is 32.2. The Balaban J connectivity index is 0. The van der Waals surface area contributed by atoms with E-state index in [4.69, 9.17) is 5.11 Å². The molecule has 0 aromatic rings. The molecule has 1 heterocycles. The lowest BCUT2D eigenvalue weighted by atomic mass is 10.2. The number of carboxylic acid groups (broad SMARTS) is 1. The molecular weight excluding hydrogens is 268 g/mol. The molecule has 0 aromatic carbocycles. The zero-order valence-corrected chi connectivity index (χ0v) is 13.0. The van der Waals surface area contributed by atoms with Crippen molar-refractivity contribution in [2.45, 2.75) is 45.4 Å². The molecule has 19 heavy (non-hydrogen) atoms. The van der Waals surface area contributed by atoms with Crippen molar-refractivity contribution in [3.8, 4) is 0 Å².